The molecule has 0 saturated heterocycles. The molecule has 0 saturated carbocycles. The molecule has 0 bridgehead atoms. The number of aliphatic imine (C=N–C) groups is 1. The van der Waals surface area contributed by atoms with Crippen LogP contribution in [0.5, 0.6) is 0 Å². The lowest BCUT2D eigenvalue weighted by molar-refractivity contribution is -0.142. The summed E-state index contributed by atoms with van der Waals surface area (Å²) in [6.07, 6.45) is 4.15. The van der Waals surface area contributed by atoms with Crippen molar-refractivity contribution >= 4 is 23.1 Å². The van der Waals surface area contributed by atoms with Gasteiger partial charge in [0.2, 0.25) is 0 Å². The third kappa shape index (κ3) is 3.48. The van der Waals surface area contributed by atoms with E-state index in [1.807, 2.05) is 60.8 Å². The van der Waals surface area contributed by atoms with Gasteiger partial charge in [-0.1, -0.05) is 48.5 Å². The number of rotatable bonds is 5. The van der Waals surface area contributed by atoms with E-state index < -0.39 is 6.04 Å². The third-order valence-electron chi connectivity index (χ3n) is 3.76. The van der Waals surface area contributed by atoms with Gasteiger partial charge >= 0.3 is 5.97 Å². The highest BCUT2D eigenvalue weighted by molar-refractivity contribution is 5.86. The molecule has 0 fully saturated rings. The lowest BCUT2D eigenvalue weighted by Gasteiger charge is -2.09. The van der Waals surface area contributed by atoms with Gasteiger partial charge in [0, 0.05) is 29.7 Å². The van der Waals surface area contributed by atoms with Gasteiger partial charge < -0.3 is 9.72 Å². The molecule has 4 nitrogen and oxygen atoms in total. The van der Waals surface area contributed by atoms with Crippen LogP contribution < -0.4 is 0 Å². The van der Waals surface area contributed by atoms with Crippen LogP contribution in [0.1, 0.15) is 11.1 Å². The second-order valence-corrected chi connectivity index (χ2v) is 5.29. The molecule has 1 heterocycles. The van der Waals surface area contributed by atoms with Crippen LogP contribution in [0, 0.1) is 0 Å². The summed E-state index contributed by atoms with van der Waals surface area (Å²) in [5, 5.41) is 1.11. The fraction of sp³-hybridized carbons (Fsp3) is 0.158. The van der Waals surface area contributed by atoms with Crippen molar-refractivity contribution < 1.29 is 9.53 Å². The number of hydrogen-bond donors (Lipinski definition) is 1. The molecule has 3 aromatic rings. The van der Waals surface area contributed by atoms with Crippen molar-refractivity contribution in [2.75, 3.05) is 7.11 Å². The van der Waals surface area contributed by atoms with E-state index >= 15 is 0 Å². The van der Waals surface area contributed by atoms with Crippen LogP contribution in [-0.2, 0) is 16.0 Å². The van der Waals surface area contributed by atoms with E-state index in [1.54, 1.807) is 6.21 Å². The maximum absolute atomic E-state index is 12.0. The van der Waals surface area contributed by atoms with E-state index in [2.05, 4.69) is 9.98 Å². The van der Waals surface area contributed by atoms with Gasteiger partial charge in [0.05, 0.1) is 7.11 Å². The molecule has 1 aromatic heterocycles. The topological polar surface area (TPSA) is 54.5 Å². The van der Waals surface area contributed by atoms with Crippen LogP contribution in [0.3, 0.4) is 0 Å². The zero-order valence-corrected chi connectivity index (χ0v) is 12.9. The first kappa shape index (κ1) is 15.0. The Balaban J connectivity index is 1.85. The van der Waals surface area contributed by atoms with Gasteiger partial charge in [0.1, 0.15) is 0 Å². The number of para-hydroxylation sites is 1. The lowest BCUT2D eigenvalue weighted by atomic mass is 10.1. The van der Waals surface area contributed by atoms with Gasteiger partial charge in [0.25, 0.3) is 0 Å². The average Bonchev–Trinajstić information content (AvgIpc) is 3.02. The molecule has 1 N–H and O–H groups in total. The van der Waals surface area contributed by atoms with Crippen molar-refractivity contribution in [3.63, 3.8) is 0 Å². The molecule has 1 atom stereocenters. The summed E-state index contributed by atoms with van der Waals surface area (Å²) in [5.41, 5.74) is 3.07. The number of carbonyl (C=O) groups excluding carboxylic acids is 1. The maximum Gasteiger partial charge on any atom is 0.330 e. The fourth-order valence-corrected chi connectivity index (χ4v) is 2.56. The monoisotopic (exact) mass is 306 g/mol. The number of benzene rings is 2. The summed E-state index contributed by atoms with van der Waals surface area (Å²) in [6.45, 7) is 0. The van der Waals surface area contributed by atoms with Crippen molar-refractivity contribution in [2.24, 2.45) is 4.99 Å². The molecule has 0 spiro atoms. The quantitative estimate of drug-likeness (QED) is 0.580. The molecule has 0 unspecified atom stereocenters. The van der Waals surface area contributed by atoms with E-state index in [9.17, 15) is 4.79 Å². The van der Waals surface area contributed by atoms with Gasteiger partial charge in [-0.15, -0.1) is 0 Å². The van der Waals surface area contributed by atoms with E-state index in [0.717, 1.165) is 22.0 Å². The minimum absolute atomic E-state index is 0.331. The smallest absolute Gasteiger partial charge is 0.330 e. The van der Waals surface area contributed by atoms with Crippen molar-refractivity contribution in [1.29, 1.82) is 0 Å². The number of methoxy groups -OCH3 is 1. The van der Waals surface area contributed by atoms with Crippen LogP contribution in [0.2, 0.25) is 0 Å². The summed E-state index contributed by atoms with van der Waals surface area (Å²) in [7, 11) is 1.39. The number of aromatic amines is 1. The number of ether oxygens (including phenoxy) is 1. The number of esters is 1. The molecule has 2 aromatic carbocycles. The Hall–Kier alpha value is -2.88. The molecule has 0 aliphatic carbocycles. The number of fused-ring (bicyclic) bond motifs is 1. The summed E-state index contributed by atoms with van der Waals surface area (Å²) in [6, 6.07) is 17.2. The normalized spacial score (nSPS) is 12.6. The highest BCUT2D eigenvalue weighted by atomic mass is 16.5. The van der Waals surface area contributed by atoms with Gasteiger partial charge in [-0.25, -0.2) is 4.79 Å². The summed E-state index contributed by atoms with van der Waals surface area (Å²) < 4.78 is 4.90. The number of hydrogen-bond acceptors (Lipinski definition) is 3. The first-order valence-corrected chi connectivity index (χ1v) is 7.49. The highest BCUT2D eigenvalue weighted by Gasteiger charge is 2.19. The summed E-state index contributed by atoms with van der Waals surface area (Å²) >= 11 is 0. The Bertz CT molecular complexity index is 822. The van der Waals surface area contributed by atoms with Crippen molar-refractivity contribution in [2.45, 2.75) is 12.5 Å². The second kappa shape index (κ2) is 6.92. The number of carbonyl (C=O) groups is 1. The lowest BCUT2D eigenvalue weighted by Crippen LogP contribution is -2.23. The molecule has 0 amide bonds. The molecule has 116 valence electrons. The van der Waals surface area contributed by atoms with Gasteiger partial charge in [-0.2, -0.15) is 0 Å². The number of nitrogens with zero attached hydrogens (tertiary/aromatic N) is 1. The van der Waals surface area contributed by atoms with E-state index in [1.165, 1.54) is 7.11 Å². The molecule has 0 aliphatic rings. The third-order valence-corrected chi connectivity index (χ3v) is 3.76. The van der Waals surface area contributed by atoms with E-state index in [0.29, 0.717) is 6.42 Å². The van der Waals surface area contributed by atoms with Crippen LogP contribution in [0.25, 0.3) is 10.9 Å². The first-order valence-electron chi connectivity index (χ1n) is 7.49. The molecular formula is C19H18N2O2. The Morgan fingerprint density at radius 3 is 2.70 bits per heavy atom. The average molecular weight is 306 g/mol. The van der Waals surface area contributed by atoms with Crippen LogP contribution in [0.4, 0.5) is 0 Å². The minimum atomic E-state index is -0.556. The van der Waals surface area contributed by atoms with E-state index in [-0.39, 0.29) is 5.97 Å². The standard InChI is InChI=1S/C19H18N2O2/c1-23-19(22)18(20-12-14-7-3-2-4-8-14)11-15-13-21-17-10-6-5-9-16(15)17/h2-10,12-13,18,21H,11H2,1H3/t18-/m1/s1. The van der Waals surface area contributed by atoms with Crippen LogP contribution >= 0.6 is 0 Å². The van der Waals surface area contributed by atoms with Crippen molar-refractivity contribution in [3.8, 4) is 0 Å². The predicted molar refractivity (Wildman–Crippen MR) is 91.8 cm³/mol. The zero-order valence-electron chi connectivity index (χ0n) is 12.9. The first-order chi connectivity index (χ1) is 11.3. The summed E-state index contributed by atoms with van der Waals surface area (Å²) in [4.78, 5) is 19.7. The van der Waals surface area contributed by atoms with Crippen molar-refractivity contribution in [1.82, 2.24) is 4.98 Å². The number of aromatic nitrogens is 1. The van der Waals surface area contributed by atoms with Gasteiger partial charge in [-0.05, 0) is 17.2 Å². The van der Waals surface area contributed by atoms with Crippen LogP contribution in [-0.4, -0.2) is 30.3 Å². The molecule has 4 heteroatoms. The fourth-order valence-electron chi connectivity index (χ4n) is 2.56. The largest absolute Gasteiger partial charge is 0.467 e. The Labute approximate surface area is 134 Å². The van der Waals surface area contributed by atoms with E-state index in [4.69, 9.17) is 4.74 Å². The van der Waals surface area contributed by atoms with Gasteiger partial charge in [-0.3, -0.25) is 4.99 Å². The van der Waals surface area contributed by atoms with Crippen molar-refractivity contribution in [3.05, 3.63) is 71.9 Å². The second-order valence-electron chi connectivity index (χ2n) is 5.29. The Morgan fingerprint density at radius 1 is 1.17 bits per heavy atom. The molecule has 0 radical (unpaired) electrons. The highest BCUT2D eigenvalue weighted by Crippen LogP contribution is 2.20. The SMILES string of the molecule is COC(=O)[C@@H](Cc1c[nH]c2ccccc12)N=Cc1ccccc1. The summed E-state index contributed by atoms with van der Waals surface area (Å²) in [5.74, 6) is -0.331. The minimum Gasteiger partial charge on any atom is -0.467 e. The predicted octanol–water partition coefficient (Wildman–Crippen LogP) is 3.37. The molecular weight excluding hydrogens is 288 g/mol. The van der Waals surface area contributed by atoms with Gasteiger partial charge in [0.15, 0.2) is 6.04 Å². The molecule has 23 heavy (non-hydrogen) atoms. The molecule has 0 aliphatic heterocycles. The maximum atomic E-state index is 12.0. The zero-order chi connectivity index (χ0) is 16.1. The number of H-pyrrole nitrogens is 1. The Kier molecular flexibility index (Phi) is 4.52. The Morgan fingerprint density at radius 2 is 1.91 bits per heavy atom. The number of nitrogens with one attached hydrogen (secondary N) is 1. The van der Waals surface area contributed by atoms with Crippen LogP contribution in [0.15, 0.2) is 65.8 Å². The molecule has 3 rings (SSSR count).